The van der Waals surface area contributed by atoms with Crippen molar-refractivity contribution < 1.29 is 4.79 Å². The van der Waals surface area contributed by atoms with Crippen molar-refractivity contribution in [3.8, 4) is 0 Å². The van der Waals surface area contributed by atoms with Crippen LogP contribution < -0.4 is 5.32 Å². The van der Waals surface area contributed by atoms with Crippen LogP contribution in [0.3, 0.4) is 0 Å². The number of amides is 1. The van der Waals surface area contributed by atoms with Crippen molar-refractivity contribution in [2.45, 2.75) is 12.6 Å². The van der Waals surface area contributed by atoms with E-state index in [9.17, 15) is 4.79 Å². The molecule has 36 heavy (non-hydrogen) atoms. The zero-order valence-corrected chi connectivity index (χ0v) is 19.8. The Hall–Kier alpha value is -4.63. The summed E-state index contributed by atoms with van der Waals surface area (Å²) in [6, 6.07) is 42.7. The van der Waals surface area contributed by atoms with Gasteiger partial charge in [0.1, 0.15) is 0 Å². The lowest BCUT2D eigenvalue weighted by Gasteiger charge is -2.21. The van der Waals surface area contributed by atoms with Crippen LogP contribution in [0.2, 0.25) is 0 Å². The summed E-state index contributed by atoms with van der Waals surface area (Å²) in [4.78, 5) is 13.5. The van der Waals surface area contributed by atoms with Gasteiger partial charge in [0, 0.05) is 34.8 Å². The van der Waals surface area contributed by atoms with Gasteiger partial charge in [-0.3, -0.25) is 4.79 Å². The molecule has 6 aromatic rings. The predicted octanol–water partition coefficient (Wildman–Crippen LogP) is 7.36. The highest BCUT2D eigenvalue weighted by Crippen LogP contribution is 2.35. The van der Waals surface area contributed by atoms with Crippen LogP contribution >= 0.6 is 0 Å². The largest absolute Gasteiger partial charge is 0.343 e. The van der Waals surface area contributed by atoms with E-state index in [0.29, 0.717) is 5.56 Å². The fraction of sp³-hybridized carbons (Fsp3) is 0.0606. The van der Waals surface area contributed by atoms with Gasteiger partial charge in [0.15, 0.2) is 0 Å². The standard InChI is InChI=1S/C33H26N2O/c36-33(26-15-5-2-6-16-26)34-32(29-20-11-17-25-14-7-8-18-27(25)29)30-23-35(22-24-12-3-1-4-13-24)31-21-10-9-19-28(30)31/h1-21,23,32H,22H2,(H,34,36)/t32-/m1/s1. The lowest BCUT2D eigenvalue weighted by molar-refractivity contribution is 0.0943. The Labute approximate surface area is 210 Å². The van der Waals surface area contributed by atoms with E-state index in [-0.39, 0.29) is 11.9 Å². The molecule has 0 fully saturated rings. The van der Waals surface area contributed by atoms with Crippen LogP contribution in [-0.4, -0.2) is 10.5 Å². The molecule has 3 nitrogen and oxygen atoms in total. The number of aromatic nitrogens is 1. The van der Waals surface area contributed by atoms with Crippen molar-refractivity contribution in [1.29, 1.82) is 0 Å². The van der Waals surface area contributed by atoms with Gasteiger partial charge in [0.05, 0.1) is 6.04 Å². The summed E-state index contributed by atoms with van der Waals surface area (Å²) < 4.78 is 2.28. The smallest absolute Gasteiger partial charge is 0.252 e. The molecule has 0 bridgehead atoms. The van der Waals surface area contributed by atoms with Crippen LogP contribution in [0.25, 0.3) is 21.7 Å². The molecular formula is C33H26N2O. The molecule has 0 spiro atoms. The molecule has 1 atom stereocenters. The quantitative estimate of drug-likeness (QED) is 0.273. The van der Waals surface area contributed by atoms with E-state index in [1.165, 1.54) is 5.56 Å². The second-order valence-corrected chi connectivity index (χ2v) is 9.06. The Bertz CT molecular complexity index is 1650. The van der Waals surface area contributed by atoms with Gasteiger partial charge in [-0.05, 0) is 40.1 Å². The van der Waals surface area contributed by atoms with Gasteiger partial charge in [-0.25, -0.2) is 0 Å². The highest BCUT2D eigenvalue weighted by Gasteiger charge is 2.24. The van der Waals surface area contributed by atoms with Gasteiger partial charge in [-0.15, -0.1) is 0 Å². The van der Waals surface area contributed by atoms with Gasteiger partial charge < -0.3 is 9.88 Å². The van der Waals surface area contributed by atoms with Crippen LogP contribution in [-0.2, 0) is 6.54 Å². The second-order valence-electron chi connectivity index (χ2n) is 9.06. The average molecular weight is 467 g/mol. The number of hydrogen-bond acceptors (Lipinski definition) is 1. The van der Waals surface area contributed by atoms with Crippen LogP contribution in [0.4, 0.5) is 0 Å². The fourth-order valence-electron chi connectivity index (χ4n) is 5.05. The molecule has 6 rings (SSSR count). The van der Waals surface area contributed by atoms with Gasteiger partial charge in [0.2, 0.25) is 0 Å². The Balaban J connectivity index is 1.52. The minimum atomic E-state index is -0.314. The average Bonchev–Trinajstić information content (AvgIpc) is 3.30. The molecule has 1 amide bonds. The highest BCUT2D eigenvalue weighted by molar-refractivity contribution is 5.96. The molecule has 0 aliphatic carbocycles. The molecule has 3 heteroatoms. The summed E-state index contributed by atoms with van der Waals surface area (Å²) in [6.07, 6.45) is 2.20. The van der Waals surface area contributed by atoms with Crippen molar-refractivity contribution in [2.24, 2.45) is 0 Å². The lowest BCUT2D eigenvalue weighted by atomic mass is 9.93. The minimum Gasteiger partial charge on any atom is -0.343 e. The summed E-state index contributed by atoms with van der Waals surface area (Å²) in [5.74, 6) is -0.0894. The molecule has 174 valence electrons. The van der Waals surface area contributed by atoms with E-state index in [1.54, 1.807) is 0 Å². The molecule has 0 unspecified atom stereocenters. The molecule has 0 radical (unpaired) electrons. The predicted molar refractivity (Wildman–Crippen MR) is 147 cm³/mol. The number of nitrogens with one attached hydrogen (secondary N) is 1. The van der Waals surface area contributed by atoms with Crippen molar-refractivity contribution in [1.82, 2.24) is 9.88 Å². The fourth-order valence-corrected chi connectivity index (χ4v) is 5.05. The van der Waals surface area contributed by atoms with Crippen LogP contribution in [0.1, 0.15) is 33.1 Å². The van der Waals surface area contributed by atoms with E-state index in [0.717, 1.165) is 39.3 Å². The van der Waals surface area contributed by atoms with Gasteiger partial charge in [-0.1, -0.05) is 109 Å². The van der Waals surface area contributed by atoms with Gasteiger partial charge in [0.25, 0.3) is 5.91 Å². The third-order valence-electron chi connectivity index (χ3n) is 6.77. The topological polar surface area (TPSA) is 34.0 Å². The Morgan fingerprint density at radius 2 is 1.28 bits per heavy atom. The molecule has 1 heterocycles. The number of hydrogen-bond donors (Lipinski definition) is 1. The number of rotatable bonds is 6. The Morgan fingerprint density at radius 3 is 2.08 bits per heavy atom. The lowest BCUT2D eigenvalue weighted by Crippen LogP contribution is -2.29. The van der Waals surface area contributed by atoms with Crippen LogP contribution in [0.15, 0.2) is 134 Å². The summed E-state index contributed by atoms with van der Waals surface area (Å²) in [5.41, 5.74) is 5.20. The Kier molecular flexibility index (Phi) is 5.80. The molecule has 1 aromatic heterocycles. The van der Waals surface area contributed by atoms with Crippen LogP contribution in [0, 0.1) is 0 Å². The maximum Gasteiger partial charge on any atom is 0.252 e. The first kappa shape index (κ1) is 21.9. The minimum absolute atomic E-state index is 0.0894. The molecular weight excluding hydrogens is 440 g/mol. The molecule has 5 aromatic carbocycles. The van der Waals surface area contributed by atoms with Crippen molar-refractivity contribution in [3.05, 3.63) is 156 Å². The number of para-hydroxylation sites is 1. The van der Waals surface area contributed by atoms with E-state index >= 15 is 0 Å². The van der Waals surface area contributed by atoms with E-state index < -0.39 is 0 Å². The third kappa shape index (κ3) is 4.16. The van der Waals surface area contributed by atoms with Crippen molar-refractivity contribution in [3.63, 3.8) is 0 Å². The SMILES string of the molecule is O=C(N[C@H](c1cccc2ccccc12)c1cn(Cc2ccccc2)c2ccccc12)c1ccccc1. The van der Waals surface area contributed by atoms with Crippen LogP contribution in [0.5, 0.6) is 0 Å². The molecule has 0 saturated carbocycles. The van der Waals surface area contributed by atoms with E-state index in [1.807, 2.05) is 36.4 Å². The molecule has 1 N–H and O–H groups in total. The molecule has 0 saturated heterocycles. The maximum atomic E-state index is 13.5. The van der Waals surface area contributed by atoms with Crippen molar-refractivity contribution >= 4 is 27.6 Å². The number of fused-ring (bicyclic) bond motifs is 2. The highest BCUT2D eigenvalue weighted by atomic mass is 16.1. The van der Waals surface area contributed by atoms with Gasteiger partial charge >= 0.3 is 0 Å². The monoisotopic (exact) mass is 466 g/mol. The summed E-state index contributed by atoms with van der Waals surface area (Å²) in [7, 11) is 0. The van der Waals surface area contributed by atoms with Crippen molar-refractivity contribution in [2.75, 3.05) is 0 Å². The number of carbonyl (C=O) groups excluding carboxylic acids is 1. The number of nitrogens with zero attached hydrogens (tertiary/aromatic N) is 1. The molecule has 0 aliphatic rings. The first-order valence-corrected chi connectivity index (χ1v) is 12.2. The first-order valence-electron chi connectivity index (χ1n) is 12.2. The van der Waals surface area contributed by atoms with Gasteiger partial charge in [-0.2, -0.15) is 0 Å². The maximum absolute atomic E-state index is 13.5. The zero-order chi connectivity index (χ0) is 24.3. The summed E-state index contributed by atoms with van der Waals surface area (Å²) in [5, 5.41) is 6.81. The number of carbonyl (C=O) groups is 1. The van der Waals surface area contributed by atoms with E-state index in [4.69, 9.17) is 0 Å². The second kappa shape index (κ2) is 9.55. The first-order chi connectivity index (χ1) is 17.8. The summed E-state index contributed by atoms with van der Waals surface area (Å²) >= 11 is 0. The Morgan fingerprint density at radius 1 is 0.639 bits per heavy atom. The third-order valence-corrected chi connectivity index (χ3v) is 6.77. The summed E-state index contributed by atoms with van der Waals surface area (Å²) in [6.45, 7) is 0.760. The van der Waals surface area contributed by atoms with E-state index in [2.05, 4.69) is 107 Å². The number of benzene rings is 5. The zero-order valence-electron chi connectivity index (χ0n) is 19.8. The normalized spacial score (nSPS) is 12.0. The molecule has 0 aliphatic heterocycles.